The van der Waals surface area contributed by atoms with E-state index in [0.717, 1.165) is 60.7 Å². The van der Waals surface area contributed by atoms with Gasteiger partial charge in [-0.1, -0.05) is 62.4 Å². The molecule has 1 unspecified atom stereocenters. The van der Waals surface area contributed by atoms with Crippen molar-refractivity contribution >= 4 is 34.2 Å². The van der Waals surface area contributed by atoms with Gasteiger partial charge in [-0.25, -0.2) is 9.99 Å². The Balaban J connectivity index is 1.48. The predicted octanol–water partition coefficient (Wildman–Crippen LogP) is 8.20. The summed E-state index contributed by atoms with van der Waals surface area (Å²) in [5.74, 6) is 1.74. The number of benzene rings is 3. The van der Waals surface area contributed by atoms with Crippen LogP contribution in [-0.4, -0.2) is 30.9 Å². The first-order valence-corrected chi connectivity index (χ1v) is 14.0. The van der Waals surface area contributed by atoms with Crippen LogP contribution in [0.1, 0.15) is 55.8 Å². The first kappa shape index (κ1) is 26.5. The zero-order valence-electron chi connectivity index (χ0n) is 23.5. The number of nitrogens with zero attached hydrogens (tertiary/aromatic N) is 4. The van der Waals surface area contributed by atoms with Crippen molar-refractivity contribution in [3.8, 4) is 5.75 Å². The maximum Gasteiger partial charge on any atom is 0.150 e. The van der Waals surface area contributed by atoms with Crippen molar-refractivity contribution in [1.29, 1.82) is 0 Å². The molecule has 1 aliphatic heterocycles. The van der Waals surface area contributed by atoms with Gasteiger partial charge in [0.05, 0.1) is 24.4 Å². The van der Waals surface area contributed by atoms with Crippen LogP contribution in [0.4, 0.5) is 11.5 Å². The quantitative estimate of drug-likeness (QED) is 0.212. The second-order valence-corrected chi connectivity index (χ2v) is 10.2. The Kier molecular flexibility index (Phi) is 8.26. The summed E-state index contributed by atoms with van der Waals surface area (Å²) in [5, 5.41) is 8.38. The van der Waals surface area contributed by atoms with Gasteiger partial charge in [0.2, 0.25) is 0 Å². The van der Waals surface area contributed by atoms with E-state index in [1.807, 2.05) is 18.2 Å². The normalized spacial score (nSPS) is 15.2. The SMILES string of the molecule is CCCN(CCC)c1ccc(C2CC(C=Cc3ccc(OC)cc3)=NN2c2cc(C)c3ccccc3n2)cc1. The number of methoxy groups -OCH3 is 1. The number of pyridine rings is 1. The molecule has 5 rings (SSSR count). The molecule has 0 fully saturated rings. The first-order valence-electron chi connectivity index (χ1n) is 14.0. The smallest absolute Gasteiger partial charge is 0.150 e. The number of anilines is 2. The van der Waals surface area contributed by atoms with Gasteiger partial charge in [0.15, 0.2) is 0 Å². The number of hydrazone groups is 1. The molecule has 0 bridgehead atoms. The van der Waals surface area contributed by atoms with Crippen molar-refractivity contribution in [2.75, 3.05) is 30.1 Å². The molecular formula is C34H38N4O. The summed E-state index contributed by atoms with van der Waals surface area (Å²) in [4.78, 5) is 7.51. The van der Waals surface area contributed by atoms with Gasteiger partial charge >= 0.3 is 0 Å². The summed E-state index contributed by atoms with van der Waals surface area (Å²) >= 11 is 0. The molecular weight excluding hydrogens is 480 g/mol. The van der Waals surface area contributed by atoms with E-state index in [0.29, 0.717) is 0 Å². The summed E-state index contributed by atoms with van der Waals surface area (Å²) in [6.07, 6.45) is 7.34. The maximum absolute atomic E-state index is 5.30. The minimum atomic E-state index is 0.0772. The number of hydrogen-bond acceptors (Lipinski definition) is 5. The molecule has 0 aliphatic carbocycles. The third kappa shape index (κ3) is 5.98. The molecule has 3 aromatic carbocycles. The Morgan fingerprint density at radius 3 is 2.33 bits per heavy atom. The molecule has 200 valence electrons. The summed E-state index contributed by atoms with van der Waals surface area (Å²) in [5.41, 5.74) is 6.88. The van der Waals surface area contributed by atoms with Gasteiger partial charge in [-0.15, -0.1) is 0 Å². The fourth-order valence-corrected chi connectivity index (χ4v) is 5.28. The third-order valence-corrected chi connectivity index (χ3v) is 7.29. The van der Waals surface area contributed by atoms with Crippen LogP contribution in [0, 0.1) is 6.92 Å². The van der Waals surface area contributed by atoms with Crippen molar-refractivity contribution in [2.24, 2.45) is 5.10 Å². The van der Waals surface area contributed by atoms with E-state index < -0.39 is 0 Å². The van der Waals surface area contributed by atoms with Crippen LogP contribution in [0.5, 0.6) is 5.75 Å². The lowest BCUT2D eigenvalue weighted by atomic mass is 10.0. The van der Waals surface area contributed by atoms with Gasteiger partial charge in [-0.05, 0) is 78.9 Å². The first-order chi connectivity index (χ1) is 19.1. The number of rotatable bonds is 10. The monoisotopic (exact) mass is 518 g/mol. The second-order valence-electron chi connectivity index (χ2n) is 10.2. The number of ether oxygens (including phenoxy) is 1. The average Bonchev–Trinajstić information content (AvgIpc) is 3.41. The Labute approximate surface area is 232 Å². The van der Waals surface area contributed by atoms with Crippen LogP contribution < -0.4 is 14.6 Å². The standard InChI is InChI=1S/C34H38N4O/c1-5-21-37(22-6-2)29-17-14-27(15-18-29)33-24-28(16-11-26-12-19-30(39-4)20-13-26)36-38(33)34-23-25(3)31-9-7-8-10-32(31)35-34/h7-20,23,33H,5-6,21-22,24H2,1-4H3. The molecule has 5 heteroatoms. The molecule has 0 spiro atoms. The fourth-order valence-electron chi connectivity index (χ4n) is 5.28. The number of allylic oxidation sites excluding steroid dienone is 1. The molecule has 0 saturated carbocycles. The predicted molar refractivity (Wildman–Crippen MR) is 165 cm³/mol. The number of aryl methyl sites for hydroxylation is 1. The van der Waals surface area contributed by atoms with Gasteiger partial charge in [-0.2, -0.15) is 5.10 Å². The number of para-hydroxylation sites is 1. The number of aromatic nitrogens is 1. The van der Waals surface area contributed by atoms with E-state index in [9.17, 15) is 0 Å². The van der Waals surface area contributed by atoms with Crippen molar-refractivity contribution in [3.05, 3.63) is 102 Å². The number of hydrogen-bond donors (Lipinski definition) is 0. The highest BCUT2D eigenvalue weighted by Crippen LogP contribution is 2.37. The topological polar surface area (TPSA) is 41.0 Å². The minimum absolute atomic E-state index is 0.0772. The van der Waals surface area contributed by atoms with E-state index in [4.69, 9.17) is 14.8 Å². The lowest BCUT2D eigenvalue weighted by Crippen LogP contribution is -2.25. The highest BCUT2D eigenvalue weighted by Gasteiger charge is 2.29. The van der Waals surface area contributed by atoms with Gasteiger partial charge in [0, 0.05) is 30.6 Å². The van der Waals surface area contributed by atoms with E-state index in [1.165, 1.54) is 22.2 Å². The summed E-state index contributed by atoms with van der Waals surface area (Å²) in [6, 6.07) is 27.7. The highest BCUT2D eigenvalue weighted by molar-refractivity contribution is 6.01. The molecule has 0 N–H and O–H groups in total. The van der Waals surface area contributed by atoms with Gasteiger partial charge in [-0.3, -0.25) is 0 Å². The van der Waals surface area contributed by atoms with Gasteiger partial charge in [0.1, 0.15) is 11.6 Å². The van der Waals surface area contributed by atoms with E-state index in [-0.39, 0.29) is 6.04 Å². The lowest BCUT2D eigenvalue weighted by Gasteiger charge is -2.26. The lowest BCUT2D eigenvalue weighted by molar-refractivity contribution is 0.415. The molecule has 4 aromatic rings. The van der Waals surface area contributed by atoms with Gasteiger partial charge < -0.3 is 9.64 Å². The zero-order chi connectivity index (χ0) is 27.2. The van der Waals surface area contributed by atoms with Crippen molar-refractivity contribution in [2.45, 2.75) is 46.1 Å². The van der Waals surface area contributed by atoms with Crippen LogP contribution >= 0.6 is 0 Å². The van der Waals surface area contributed by atoms with Gasteiger partial charge in [0.25, 0.3) is 0 Å². The van der Waals surface area contributed by atoms with Crippen LogP contribution in [-0.2, 0) is 0 Å². The number of fused-ring (bicyclic) bond motifs is 1. The summed E-state index contributed by atoms with van der Waals surface area (Å²) in [7, 11) is 1.69. The fraction of sp³-hybridized carbons (Fsp3) is 0.294. The molecule has 2 heterocycles. The molecule has 0 amide bonds. The Bertz CT molecular complexity index is 1450. The molecule has 1 atom stereocenters. The van der Waals surface area contributed by atoms with Crippen LogP contribution in [0.25, 0.3) is 17.0 Å². The minimum Gasteiger partial charge on any atom is -0.497 e. The van der Waals surface area contributed by atoms with E-state index in [2.05, 4.69) is 103 Å². The summed E-state index contributed by atoms with van der Waals surface area (Å²) in [6.45, 7) is 8.78. The van der Waals surface area contributed by atoms with Crippen molar-refractivity contribution in [3.63, 3.8) is 0 Å². The zero-order valence-corrected chi connectivity index (χ0v) is 23.5. The highest BCUT2D eigenvalue weighted by atomic mass is 16.5. The maximum atomic E-state index is 5.30. The average molecular weight is 519 g/mol. The molecule has 0 radical (unpaired) electrons. The van der Waals surface area contributed by atoms with E-state index in [1.54, 1.807) is 7.11 Å². The van der Waals surface area contributed by atoms with E-state index >= 15 is 0 Å². The van der Waals surface area contributed by atoms with Crippen LogP contribution in [0.3, 0.4) is 0 Å². The van der Waals surface area contributed by atoms with Crippen LogP contribution in [0.2, 0.25) is 0 Å². The Morgan fingerprint density at radius 2 is 1.64 bits per heavy atom. The molecule has 0 saturated heterocycles. The summed E-state index contributed by atoms with van der Waals surface area (Å²) < 4.78 is 5.30. The largest absolute Gasteiger partial charge is 0.497 e. The molecule has 1 aliphatic rings. The van der Waals surface area contributed by atoms with Crippen molar-refractivity contribution < 1.29 is 4.74 Å². The molecule has 1 aromatic heterocycles. The molecule has 5 nitrogen and oxygen atoms in total. The second kappa shape index (κ2) is 12.2. The third-order valence-electron chi connectivity index (χ3n) is 7.29. The van der Waals surface area contributed by atoms with Crippen molar-refractivity contribution in [1.82, 2.24) is 4.98 Å². The molecule has 39 heavy (non-hydrogen) atoms. The Hall–Kier alpha value is -4.12. The Morgan fingerprint density at radius 1 is 0.923 bits per heavy atom. The van der Waals surface area contributed by atoms with Crippen LogP contribution in [0.15, 0.2) is 90.0 Å².